The van der Waals surface area contributed by atoms with Gasteiger partial charge in [-0.25, -0.2) is 0 Å². The van der Waals surface area contributed by atoms with Crippen LogP contribution in [-0.2, 0) is 0 Å². The Balaban J connectivity index is 0.994. The smallest absolute Gasteiger partial charge is 0.253 e. The first-order valence-electron chi connectivity index (χ1n) is 29.9. The Morgan fingerprint density at radius 2 is 0.647 bits per heavy atom. The van der Waals surface area contributed by atoms with E-state index in [4.69, 9.17) is 0 Å². The van der Waals surface area contributed by atoms with Crippen LogP contribution in [0.5, 0.6) is 0 Å². The molecule has 21 rings (SSSR count). The maximum atomic E-state index is 2.70. The fraction of sp³-hybridized carbons (Fsp3) is 0. The highest BCUT2D eigenvalue weighted by molar-refractivity contribution is 7.02. The van der Waals surface area contributed by atoms with Gasteiger partial charge in [0.2, 0.25) is 0 Å². The number of hydrogen-bond acceptors (Lipinski definition) is 0. The van der Waals surface area contributed by atoms with Gasteiger partial charge in [-0.15, -0.1) is 0 Å². The lowest BCUT2D eigenvalue weighted by Crippen LogP contribution is -2.59. The Morgan fingerprint density at radius 3 is 1.20 bits per heavy atom. The molecular formula is C82H45BN2. The Morgan fingerprint density at radius 1 is 0.224 bits per heavy atom. The Bertz CT molecular complexity index is 6210. The third-order valence-corrected chi connectivity index (χ3v) is 20.1. The first kappa shape index (κ1) is 44.6. The molecular weight excluding hydrogens is 1020 g/mol. The summed E-state index contributed by atoms with van der Waals surface area (Å²) in [4.78, 5) is 0. The van der Waals surface area contributed by atoms with Crippen molar-refractivity contribution in [1.29, 1.82) is 0 Å². The summed E-state index contributed by atoms with van der Waals surface area (Å²) in [7, 11) is 0. The van der Waals surface area contributed by atoms with Crippen LogP contribution in [0.2, 0.25) is 0 Å². The van der Waals surface area contributed by atoms with E-state index in [1.807, 2.05) is 0 Å². The molecule has 0 fully saturated rings. The van der Waals surface area contributed by atoms with Gasteiger partial charge in [0.25, 0.3) is 6.71 Å². The molecule has 19 aromatic rings. The van der Waals surface area contributed by atoms with Crippen LogP contribution in [-0.4, -0.2) is 15.8 Å². The van der Waals surface area contributed by atoms with Crippen LogP contribution in [0.25, 0.3) is 185 Å². The molecule has 2 aliphatic rings. The summed E-state index contributed by atoms with van der Waals surface area (Å²) in [6, 6.07) is 105. The molecule has 0 unspecified atom stereocenters. The van der Waals surface area contributed by atoms with Crippen LogP contribution in [0.4, 0.5) is 0 Å². The number of benzene rings is 17. The fourth-order valence-corrected chi connectivity index (χ4v) is 16.9. The van der Waals surface area contributed by atoms with Crippen molar-refractivity contribution in [2.24, 2.45) is 0 Å². The standard InChI is InChI=1S/C82H45BN2/c1-5-22-52-46(18-1)40-47-19-2-6-23-53(47)74(52)50-36-38-70-65(42-50)67-43-51(75-54-24-7-3-20-48(54)41-49-21-4-8-25-55(49)75)44-69-81(67)84(70)72-34-17-35-73-79(72)83(69)80-77-63-33-16-14-29-59(63)57-27-10-12-31-61(57)66(77)45-68-78-71(85(73)82(68)80)39-37-64-60-30-11-9-26-56(60)58-28-13-15-32-62(58)76(64)78/h1-45H. The first-order valence-corrected chi connectivity index (χ1v) is 29.9. The molecule has 0 spiro atoms. The van der Waals surface area contributed by atoms with Crippen LogP contribution in [0.15, 0.2) is 273 Å². The predicted molar refractivity (Wildman–Crippen MR) is 366 cm³/mol. The molecule has 0 saturated heterocycles. The summed E-state index contributed by atoms with van der Waals surface area (Å²) in [5.74, 6) is 0. The van der Waals surface area contributed by atoms with E-state index in [1.165, 1.54) is 201 Å². The number of aromatic nitrogens is 2. The SMILES string of the molecule is c1cc2c3c(c1)-n1c4ccc5c6ccccc6c6ccccc6c5c4c4cc5c6ccccc6c6ccccc6c5c(c41)B3c1cc(-c3c4ccccc4cc4ccccc34)cc3c4cc(-c5c6ccccc6cc6ccccc56)ccc4n-2c13. The second-order valence-electron chi connectivity index (χ2n) is 24.1. The van der Waals surface area contributed by atoms with E-state index in [2.05, 4.69) is 282 Å². The molecule has 2 aliphatic heterocycles. The largest absolute Gasteiger partial charge is 0.310 e. The van der Waals surface area contributed by atoms with E-state index in [1.54, 1.807) is 0 Å². The summed E-state index contributed by atoms with van der Waals surface area (Å²) in [5, 5.41) is 30.7. The highest BCUT2D eigenvalue weighted by Crippen LogP contribution is 2.50. The van der Waals surface area contributed by atoms with Gasteiger partial charge in [0.15, 0.2) is 0 Å². The van der Waals surface area contributed by atoms with Crippen molar-refractivity contribution in [2.45, 2.75) is 0 Å². The van der Waals surface area contributed by atoms with Gasteiger partial charge in [-0.3, -0.25) is 0 Å². The van der Waals surface area contributed by atoms with E-state index >= 15 is 0 Å². The second-order valence-corrected chi connectivity index (χ2v) is 24.1. The molecule has 0 atom stereocenters. The van der Waals surface area contributed by atoms with Gasteiger partial charge in [0.1, 0.15) is 0 Å². The Hall–Kier alpha value is -11.0. The average molecular weight is 1070 g/mol. The van der Waals surface area contributed by atoms with E-state index < -0.39 is 0 Å². The van der Waals surface area contributed by atoms with E-state index in [9.17, 15) is 0 Å². The summed E-state index contributed by atoms with van der Waals surface area (Å²) in [6.07, 6.45) is 0. The zero-order chi connectivity index (χ0) is 54.9. The van der Waals surface area contributed by atoms with Crippen LogP contribution in [0, 0.1) is 0 Å². The average Bonchev–Trinajstić information content (AvgIpc) is 1.92. The topological polar surface area (TPSA) is 9.86 Å². The van der Waals surface area contributed by atoms with Gasteiger partial charge < -0.3 is 9.13 Å². The maximum absolute atomic E-state index is 2.70. The van der Waals surface area contributed by atoms with Crippen LogP contribution in [0.3, 0.4) is 0 Å². The van der Waals surface area contributed by atoms with E-state index in [0.717, 1.165) is 0 Å². The van der Waals surface area contributed by atoms with Crippen LogP contribution < -0.4 is 16.4 Å². The second kappa shape index (κ2) is 16.0. The molecule has 4 heterocycles. The van der Waals surface area contributed by atoms with Crippen molar-refractivity contribution >= 4 is 174 Å². The lowest BCUT2D eigenvalue weighted by atomic mass is 9.33. The maximum Gasteiger partial charge on any atom is 0.253 e. The van der Waals surface area contributed by atoms with Crippen molar-refractivity contribution in [2.75, 3.05) is 0 Å². The molecule has 0 radical (unpaired) electrons. The molecule has 0 N–H and O–H groups in total. The number of hydrogen-bond donors (Lipinski definition) is 0. The summed E-state index contributed by atoms with van der Waals surface area (Å²) in [5.41, 5.74) is 16.6. The lowest BCUT2D eigenvalue weighted by Gasteiger charge is -2.35. The zero-order valence-corrected chi connectivity index (χ0v) is 46.0. The van der Waals surface area contributed by atoms with Gasteiger partial charge >= 0.3 is 0 Å². The fourth-order valence-electron chi connectivity index (χ4n) is 16.9. The van der Waals surface area contributed by atoms with E-state index in [0.29, 0.717) is 0 Å². The minimum Gasteiger partial charge on any atom is -0.310 e. The van der Waals surface area contributed by atoms with Crippen molar-refractivity contribution in [3.63, 3.8) is 0 Å². The summed E-state index contributed by atoms with van der Waals surface area (Å²) < 4.78 is 5.36. The molecule has 0 bridgehead atoms. The molecule has 2 aromatic heterocycles. The molecule has 0 aliphatic carbocycles. The molecule has 0 amide bonds. The minimum atomic E-state index is -0.149. The highest BCUT2D eigenvalue weighted by Gasteiger charge is 2.43. The van der Waals surface area contributed by atoms with Crippen molar-refractivity contribution in [3.05, 3.63) is 273 Å². The minimum absolute atomic E-state index is 0.149. The molecule has 2 nitrogen and oxygen atoms in total. The van der Waals surface area contributed by atoms with Gasteiger partial charge in [0, 0.05) is 43.8 Å². The molecule has 386 valence electrons. The first-order chi connectivity index (χ1) is 42.2. The third kappa shape index (κ3) is 5.57. The molecule has 85 heavy (non-hydrogen) atoms. The third-order valence-electron chi connectivity index (χ3n) is 20.1. The number of fused-ring (bicyclic) bond motifs is 28. The monoisotopic (exact) mass is 1070 g/mol. The Kier molecular flexibility index (Phi) is 8.38. The van der Waals surface area contributed by atoms with Gasteiger partial charge in [-0.05, 0) is 196 Å². The Labute approximate surface area is 487 Å². The zero-order valence-electron chi connectivity index (χ0n) is 46.0. The van der Waals surface area contributed by atoms with Crippen LogP contribution in [0.1, 0.15) is 0 Å². The normalized spacial score (nSPS) is 12.9. The summed E-state index contributed by atoms with van der Waals surface area (Å²) in [6.45, 7) is -0.149. The summed E-state index contributed by atoms with van der Waals surface area (Å²) >= 11 is 0. The molecule has 3 heteroatoms. The number of nitrogens with zero attached hydrogens (tertiary/aromatic N) is 2. The van der Waals surface area contributed by atoms with Gasteiger partial charge in [-0.1, -0.05) is 218 Å². The van der Waals surface area contributed by atoms with Crippen molar-refractivity contribution in [1.82, 2.24) is 9.13 Å². The van der Waals surface area contributed by atoms with Gasteiger partial charge in [0.05, 0.1) is 16.6 Å². The number of rotatable bonds is 2. The molecule has 17 aromatic carbocycles. The highest BCUT2D eigenvalue weighted by atomic mass is 15.0. The predicted octanol–water partition coefficient (Wildman–Crippen LogP) is 19.9. The van der Waals surface area contributed by atoms with Crippen molar-refractivity contribution in [3.8, 4) is 33.6 Å². The quantitative estimate of drug-likeness (QED) is 0.0928. The van der Waals surface area contributed by atoms with Crippen LogP contribution >= 0.6 is 0 Å². The van der Waals surface area contributed by atoms with Gasteiger partial charge in [-0.2, -0.15) is 0 Å². The lowest BCUT2D eigenvalue weighted by molar-refractivity contribution is 1.14. The van der Waals surface area contributed by atoms with E-state index in [-0.39, 0.29) is 6.71 Å². The van der Waals surface area contributed by atoms with Crippen molar-refractivity contribution < 1.29 is 0 Å². The molecule has 0 saturated carbocycles.